The lowest BCUT2D eigenvalue weighted by Gasteiger charge is -2.16. The second-order valence-corrected chi connectivity index (χ2v) is 5.44. The highest BCUT2D eigenvalue weighted by Crippen LogP contribution is 2.22. The zero-order chi connectivity index (χ0) is 15.2. The average Bonchev–Trinajstić information content (AvgIpc) is 2.85. The van der Waals surface area contributed by atoms with Crippen molar-refractivity contribution in [2.45, 2.75) is 33.2 Å². The molecule has 0 radical (unpaired) electrons. The highest BCUT2D eigenvalue weighted by atomic mass is 16.4. The van der Waals surface area contributed by atoms with Crippen molar-refractivity contribution in [3.05, 3.63) is 36.0 Å². The third-order valence-electron chi connectivity index (χ3n) is 4.18. The Balaban J connectivity index is 2.21. The number of carboxylic acids is 1. The number of aromatic nitrogens is 1. The SMILES string of the molecule is CC[NH+](CC)CCn1cc(CCC(=O)[O-])c2ccccc21. The van der Waals surface area contributed by atoms with Gasteiger partial charge < -0.3 is 19.4 Å². The Kier molecular flexibility index (Phi) is 5.39. The minimum absolute atomic E-state index is 0.0787. The fourth-order valence-electron chi connectivity index (χ4n) is 2.83. The number of carbonyl (C=O) groups is 1. The zero-order valence-electron chi connectivity index (χ0n) is 12.9. The molecule has 0 saturated carbocycles. The Hall–Kier alpha value is -1.81. The first kappa shape index (κ1) is 15.6. The standard InChI is InChI=1S/C17H24N2O2/c1-3-18(4-2)11-12-19-13-14(9-10-17(20)21)15-7-5-6-8-16(15)19/h5-8,13H,3-4,9-12H2,1-2H3,(H,20,21). The van der Waals surface area contributed by atoms with Crippen molar-refractivity contribution in [2.24, 2.45) is 0 Å². The number of hydrogen-bond donors (Lipinski definition) is 1. The fraction of sp³-hybridized carbons (Fsp3) is 0.471. The number of hydrogen-bond acceptors (Lipinski definition) is 2. The van der Waals surface area contributed by atoms with E-state index in [0.717, 1.165) is 37.1 Å². The highest BCUT2D eigenvalue weighted by Gasteiger charge is 2.10. The Morgan fingerprint density at radius 1 is 1.24 bits per heavy atom. The van der Waals surface area contributed by atoms with Crippen LogP contribution in [0.4, 0.5) is 0 Å². The molecular weight excluding hydrogens is 264 g/mol. The number of quaternary nitrogens is 1. The minimum atomic E-state index is -0.987. The molecule has 0 bridgehead atoms. The van der Waals surface area contributed by atoms with Gasteiger partial charge in [0.05, 0.1) is 26.2 Å². The number of benzene rings is 1. The summed E-state index contributed by atoms with van der Waals surface area (Å²) >= 11 is 0. The first-order chi connectivity index (χ1) is 10.2. The number of likely N-dealkylation sites (N-methyl/N-ethyl adjacent to an activating group) is 1. The molecule has 4 nitrogen and oxygen atoms in total. The molecule has 0 unspecified atom stereocenters. The monoisotopic (exact) mass is 288 g/mol. The molecule has 1 aromatic heterocycles. The summed E-state index contributed by atoms with van der Waals surface area (Å²) in [6.45, 7) is 8.73. The topological polar surface area (TPSA) is 49.5 Å². The van der Waals surface area contributed by atoms with Crippen molar-refractivity contribution in [1.29, 1.82) is 0 Å². The number of rotatable bonds is 8. The summed E-state index contributed by atoms with van der Waals surface area (Å²) in [5, 5.41) is 11.8. The zero-order valence-corrected chi connectivity index (χ0v) is 12.9. The van der Waals surface area contributed by atoms with E-state index in [0.29, 0.717) is 6.42 Å². The molecule has 0 saturated heterocycles. The molecule has 2 rings (SSSR count). The molecule has 0 amide bonds. The van der Waals surface area contributed by atoms with Crippen LogP contribution < -0.4 is 10.0 Å². The summed E-state index contributed by atoms with van der Waals surface area (Å²) < 4.78 is 2.26. The summed E-state index contributed by atoms with van der Waals surface area (Å²) in [5.41, 5.74) is 2.29. The van der Waals surface area contributed by atoms with Gasteiger partial charge in [0.1, 0.15) is 0 Å². The molecule has 21 heavy (non-hydrogen) atoms. The fourth-order valence-corrected chi connectivity index (χ4v) is 2.83. The second-order valence-electron chi connectivity index (χ2n) is 5.44. The lowest BCUT2D eigenvalue weighted by molar-refractivity contribution is -0.897. The Morgan fingerprint density at radius 3 is 2.62 bits per heavy atom. The Labute approximate surface area is 126 Å². The number of carbonyl (C=O) groups excluding carboxylic acids is 1. The van der Waals surface area contributed by atoms with E-state index in [1.807, 2.05) is 12.1 Å². The number of nitrogens with zero attached hydrogens (tertiary/aromatic N) is 1. The van der Waals surface area contributed by atoms with Crippen LogP contribution in [-0.2, 0) is 17.8 Å². The number of aliphatic carboxylic acids is 1. The number of fused-ring (bicyclic) bond motifs is 1. The maximum atomic E-state index is 10.7. The second kappa shape index (κ2) is 7.27. The van der Waals surface area contributed by atoms with Gasteiger partial charge in [-0.05, 0) is 38.3 Å². The summed E-state index contributed by atoms with van der Waals surface area (Å²) in [7, 11) is 0. The Morgan fingerprint density at radius 2 is 1.95 bits per heavy atom. The van der Waals surface area contributed by atoms with Crippen molar-refractivity contribution in [3.63, 3.8) is 0 Å². The van der Waals surface area contributed by atoms with Crippen molar-refractivity contribution in [1.82, 2.24) is 4.57 Å². The van der Waals surface area contributed by atoms with E-state index in [1.54, 1.807) is 4.90 Å². The van der Waals surface area contributed by atoms with Crippen LogP contribution in [0, 0.1) is 0 Å². The van der Waals surface area contributed by atoms with E-state index in [2.05, 4.69) is 36.7 Å². The molecule has 0 spiro atoms. The van der Waals surface area contributed by atoms with E-state index in [9.17, 15) is 9.90 Å². The molecule has 1 N–H and O–H groups in total. The third-order valence-corrected chi connectivity index (χ3v) is 4.18. The van der Waals surface area contributed by atoms with Crippen LogP contribution in [0.2, 0.25) is 0 Å². The van der Waals surface area contributed by atoms with Crippen LogP contribution >= 0.6 is 0 Å². The van der Waals surface area contributed by atoms with Crippen LogP contribution in [0.1, 0.15) is 25.8 Å². The summed E-state index contributed by atoms with van der Waals surface area (Å²) in [6, 6.07) is 8.21. The highest BCUT2D eigenvalue weighted by molar-refractivity contribution is 5.84. The lowest BCUT2D eigenvalue weighted by Crippen LogP contribution is -3.11. The van der Waals surface area contributed by atoms with E-state index in [4.69, 9.17) is 0 Å². The maximum absolute atomic E-state index is 10.7. The number of aryl methyl sites for hydroxylation is 1. The number of carboxylic acid groups (broad SMARTS) is 1. The third kappa shape index (κ3) is 3.85. The van der Waals surface area contributed by atoms with Gasteiger partial charge in [0.15, 0.2) is 0 Å². The van der Waals surface area contributed by atoms with Gasteiger partial charge in [-0.15, -0.1) is 0 Å². The first-order valence-electron chi connectivity index (χ1n) is 7.75. The normalized spacial score (nSPS) is 11.4. The molecule has 114 valence electrons. The summed E-state index contributed by atoms with van der Waals surface area (Å²) in [5.74, 6) is -0.987. The summed E-state index contributed by atoms with van der Waals surface area (Å²) in [6.07, 6.45) is 2.72. The largest absolute Gasteiger partial charge is 0.550 e. The maximum Gasteiger partial charge on any atom is 0.0953 e. The predicted octanol–water partition coefficient (Wildman–Crippen LogP) is 0.249. The molecule has 2 aromatic rings. The van der Waals surface area contributed by atoms with Crippen LogP contribution in [0.15, 0.2) is 30.5 Å². The molecule has 0 atom stereocenters. The lowest BCUT2D eigenvalue weighted by atomic mass is 10.1. The van der Waals surface area contributed by atoms with Crippen molar-refractivity contribution < 1.29 is 14.8 Å². The molecule has 0 aliphatic heterocycles. The molecule has 4 heteroatoms. The number of para-hydroxylation sites is 1. The van der Waals surface area contributed by atoms with Gasteiger partial charge in [-0.25, -0.2) is 0 Å². The minimum Gasteiger partial charge on any atom is -0.550 e. The van der Waals surface area contributed by atoms with Crippen molar-refractivity contribution in [3.8, 4) is 0 Å². The molecular formula is C17H24N2O2. The van der Waals surface area contributed by atoms with Gasteiger partial charge in [-0.2, -0.15) is 0 Å². The van der Waals surface area contributed by atoms with Crippen LogP contribution in [0.25, 0.3) is 10.9 Å². The van der Waals surface area contributed by atoms with E-state index < -0.39 is 5.97 Å². The van der Waals surface area contributed by atoms with Gasteiger partial charge >= 0.3 is 0 Å². The Bertz CT molecular complexity index is 600. The average molecular weight is 288 g/mol. The predicted molar refractivity (Wildman–Crippen MR) is 82.2 cm³/mol. The van der Waals surface area contributed by atoms with Gasteiger partial charge in [0.2, 0.25) is 0 Å². The first-order valence-corrected chi connectivity index (χ1v) is 7.75. The smallest absolute Gasteiger partial charge is 0.0953 e. The van der Waals surface area contributed by atoms with Crippen molar-refractivity contribution >= 4 is 16.9 Å². The van der Waals surface area contributed by atoms with Gasteiger partial charge in [0, 0.05) is 23.1 Å². The quantitative estimate of drug-likeness (QED) is 0.757. The van der Waals surface area contributed by atoms with Crippen LogP contribution in [-0.4, -0.2) is 30.2 Å². The molecule has 1 heterocycles. The van der Waals surface area contributed by atoms with Crippen LogP contribution in [0.3, 0.4) is 0 Å². The summed E-state index contributed by atoms with van der Waals surface area (Å²) in [4.78, 5) is 12.3. The molecule has 0 fully saturated rings. The van der Waals surface area contributed by atoms with Crippen LogP contribution in [0.5, 0.6) is 0 Å². The molecule has 1 aromatic carbocycles. The van der Waals surface area contributed by atoms with E-state index >= 15 is 0 Å². The molecule has 0 aliphatic carbocycles. The molecule has 0 aliphatic rings. The number of nitrogens with one attached hydrogen (secondary N) is 1. The van der Waals surface area contributed by atoms with Gasteiger partial charge in [-0.1, -0.05) is 18.2 Å². The van der Waals surface area contributed by atoms with Gasteiger partial charge in [-0.3, -0.25) is 0 Å². The van der Waals surface area contributed by atoms with E-state index in [1.165, 1.54) is 5.52 Å². The van der Waals surface area contributed by atoms with Crippen molar-refractivity contribution in [2.75, 3.05) is 19.6 Å². The van der Waals surface area contributed by atoms with Gasteiger partial charge in [0.25, 0.3) is 0 Å². The van der Waals surface area contributed by atoms with E-state index in [-0.39, 0.29) is 6.42 Å².